The summed E-state index contributed by atoms with van der Waals surface area (Å²) in [7, 11) is 0. The van der Waals surface area contributed by atoms with Crippen molar-refractivity contribution in [3.8, 4) is 0 Å². The Labute approximate surface area is 262 Å². The zero-order chi connectivity index (χ0) is 32.8. The standard InChI is InChI=1S/C32H44N6O7/c1-5-18(4)27-31(44)35-22(13-17(2)3)28(41)34-23(14-19-16-33-21-10-7-6-9-20(19)21)29(42)36-24(15-26(39)40)32(45)38-12-8-11-25(38)30(43)37-27/h6-7,9-10,16-18,22-25,27,33H,5,8,11-15H2,1-4H3,(H,34,41)(H,35,44)(H,36,42)(H,37,43)(H,39,40)/t18-,22-,23-,24-,25-,27+/m0/s1. The highest BCUT2D eigenvalue weighted by Gasteiger charge is 2.41. The van der Waals surface area contributed by atoms with E-state index < -0.39 is 72.1 Å². The third-order valence-corrected chi connectivity index (χ3v) is 8.70. The Morgan fingerprint density at radius 3 is 2.27 bits per heavy atom. The first-order valence-corrected chi connectivity index (χ1v) is 15.7. The average molecular weight is 625 g/mol. The number of carbonyl (C=O) groups excluding carboxylic acids is 5. The van der Waals surface area contributed by atoms with E-state index in [1.807, 2.05) is 52.0 Å². The lowest BCUT2D eigenvalue weighted by Gasteiger charge is -2.31. The number of benzene rings is 1. The maximum Gasteiger partial charge on any atom is 0.305 e. The van der Waals surface area contributed by atoms with Crippen LogP contribution in [0.15, 0.2) is 30.5 Å². The molecule has 6 N–H and O–H groups in total. The van der Waals surface area contributed by atoms with Gasteiger partial charge in [-0.25, -0.2) is 0 Å². The van der Waals surface area contributed by atoms with Crippen LogP contribution < -0.4 is 21.3 Å². The Balaban J connectivity index is 1.77. The Morgan fingerprint density at radius 2 is 1.58 bits per heavy atom. The number of aromatic nitrogens is 1. The van der Waals surface area contributed by atoms with E-state index in [9.17, 15) is 33.9 Å². The number of nitrogens with zero attached hydrogens (tertiary/aromatic N) is 1. The summed E-state index contributed by atoms with van der Waals surface area (Å²) in [6.45, 7) is 7.68. The summed E-state index contributed by atoms with van der Waals surface area (Å²) in [5.74, 6) is -4.77. The van der Waals surface area contributed by atoms with Crippen molar-refractivity contribution in [2.75, 3.05) is 6.54 Å². The number of H-pyrrole nitrogens is 1. The smallest absolute Gasteiger partial charge is 0.305 e. The zero-order valence-electron chi connectivity index (χ0n) is 26.2. The fourth-order valence-corrected chi connectivity index (χ4v) is 6.07. The van der Waals surface area contributed by atoms with Gasteiger partial charge in [-0.1, -0.05) is 52.3 Å². The van der Waals surface area contributed by atoms with Crippen molar-refractivity contribution in [1.82, 2.24) is 31.2 Å². The Hall–Kier alpha value is -4.42. The lowest BCUT2D eigenvalue weighted by molar-refractivity contribution is -0.146. The highest BCUT2D eigenvalue weighted by atomic mass is 16.4. The number of carboxylic acid groups (broad SMARTS) is 1. The first-order chi connectivity index (χ1) is 21.4. The largest absolute Gasteiger partial charge is 0.481 e. The van der Waals surface area contributed by atoms with Crippen LogP contribution >= 0.6 is 0 Å². The van der Waals surface area contributed by atoms with Gasteiger partial charge in [0.05, 0.1) is 6.42 Å². The van der Waals surface area contributed by atoms with Crippen LogP contribution in [0.2, 0.25) is 0 Å². The Bertz CT molecular complexity index is 1440. The van der Waals surface area contributed by atoms with E-state index in [1.54, 1.807) is 6.20 Å². The molecule has 0 radical (unpaired) electrons. The van der Waals surface area contributed by atoms with Crippen molar-refractivity contribution in [2.24, 2.45) is 11.8 Å². The Morgan fingerprint density at radius 1 is 0.911 bits per heavy atom. The van der Waals surface area contributed by atoms with Gasteiger partial charge in [0.1, 0.15) is 30.2 Å². The maximum atomic E-state index is 13.9. The monoisotopic (exact) mass is 624 g/mol. The molecule has 0 spiro atoms. The summed E-state index contributed by atoms with van der Waals surface area (Å²) in [4.78, 5) is 84.9. The molecular formula is C32H44N6O7. The number of aromatic amines is 1. The average Bonchev–Trinajstić information content (AvgIpc) is 3.65. The second-order valence-electron chi connectivity index (χ2n) is 12.5. The van der Waals surface area contributed by atoms with Crippen LogP contribution in [0.5, 0.6) is 0 Å². The normalized spacial score (nSPS) is 25.9. The number of hydrogen-bond acceptors (Lipinski definition) is 6. The van der Waals surface area contributed by atoms with Crippen molar-refractivity contribution in [3.05, 3.63) is 36.0 Å². The molecule has 1 aromatic heterocycles. The summed E-state index contributed by atoms with van der Waals surface area (Å²) in [5, 5.41) is 21.5. The lowest BCUT2D eigenvalue weighted by atomic mass is 9.96. The van der Waals surface area contributed by atoms with Crippen molar-refractivity contribution < 1.29 is 33.9 Å². The highest BCUT2D eigenvalue weighted by molar-refractivity contribution is 5.99. The predicted molar refractivity (Wildman–Crippen MR) is 166 cm³/mol. The fourth-order valence-electron chi connectivity index (χ4n) is 6.07. The van der Waals surface area contributed by atoms with Gasteiger partial charge in [0.2, 0.25) is 29.5 Å². The molecule has 6 atom stereocenters. The Kier molecular flexibility index (Phi) is 10.8. The van der Waals surface area contributed by atoms with E-state index in [1.165, 1.54) is 4.90 Å². The molecule has 0 unspecified atom stereocenters. The van der Waals surface area contributed by atoms with Crippen molar-refractivity contribution in [1.29, 1.82) is 0 Å². The van der Waals surface area contributed by atoms with Crippen molar-refractivity contribution >= 4 is 46.4 Å². The number of carbonyl (C=O) groups is 6. The van der Waals surface area contributed by atoms with Crippen LogP contribution in [0.25, 0.3) is 10.9 Å². The second-order valence-corrected chi connectivity index (χ2v) is 12.5. The fraction of sp³-hybridized carbons (Fsp3) is 0.562. The minimum atomic E-state index is -1.48. The molecule has 3 heterocycles. The topological polar surface area (TPSA) is 190 Å². The van der Waals surface area contributed by atoms with Gasteiger partial charge in [-0.2, -0.15) is 0 Å². The van der Waals surface area contributed by atoms with E-state index in [-0.39, 0.29) is 31.2 Å². The van der Waals surface area contributed by atoms with Crippen molar-refractivity contribution in [3.63, 3.8) is 0 Å². The van der Waals surface area contributed by atoms with Gasteiger partial charge in [0, 0.05) is 30.1 Å². The van der Waals surface area contributed by atoms with Gasteiger partial charge >= 0.3 is 5.97 Å². The van der Waals surface area contributed by atoms with Crippen LogP contribution in [0, 0.1) is 11.8 Å². The summed E-state index contributed by atoms with van der Waals surface area (Å²) >= 11 is 0. The molecule has 2 aliphatic rings. The number of para-hydroxylation sites is 1. The molecule has 2 saturated heterocycles. The van der Waals surface area contributed by atoms with Crippen LogP contribution in [-0.2, 0) is 35.2 Å². The van der Waals surface area contributed by atoms with Gasteiger partial charge in [-0.05, 0) is 42.7 Å². The number of hydrogen-bond donors (Lipinski definition) is 6. The molecule has 0 bridgehead atoms. The number of rotatable bonds is 8. The van der Waals surface area contributed by atoms with E-state index in [0.717, 1.165) is 16.5 Å². The highest BCUT2D eigenvalue weighted by Crippen LogP contribution is 2.22. The molecule has 2 fully saturated rings. The van der Waals surface area contributed by atoms with Crippen LogP contribution in [0.1, 0.15) is 65.4 Å². The summed E-state index contributed by atoms with van der Waals surface area (Å²) in [5.41, 5.74) is 1.55. The molecular weight excluding hydrogens is 580 g/mol. The minimum Gasteiger partial charge on any atom is -0.481 e. The lowest BCUT2D eigenvalue weighted by Crippen LogP contribution is -2.59. The van der Waals surface area contributed by atoms with Gasteiger partial charge in [-0.3, -0.25) is 28.8 Å². The summed E-state index contributed by atoms with van der Waals surface area (Å²) in [6.07, 6.45) is 2.67. The van der Waals surface area contributed by atoms with Crippen LogP contribution in [0.3, 0.4) is 0 Å². The first kappa shape index (κ1) is 33.5. The number of fused-ring (bicyclic) bond motifs is 2. The molecule has 13 nitrogen and oxygen atoms in total. The second kappa shape index (κ2) is 14.6. The molecule has 0 aliphatic carbocycles. The zero-order valence-corrected chi connectivity index (χ0v) is 26.2. The van der Waals surface area contributed by atoms with Gasteiger partial charge in [0.15, 0.2) is 0 Å². The number of carboxylic acids is 1. The summed E-state index contributed by atoms with van der Waals surface area (Å²) < 4.78 is 0. The molecule has 2 aromatic rings. The van der Waals surface area contributed by atoms with E-state index in [2.05, 4.69) is 26.3 Å². The molecule has 1 aromatic carbocycles. The van der Waals surface area contributed by atoms with Gasteiger partial charge in [0.25, 0.3) is 0 Å². The maximum absolute atomic E-state index is 13.9. The molecule has 2 aliphatic heterocycles. The summed E-state index contributed by atoms with van der Waals surface area (Å²) in [6, 6.07) is 1.82. The molecule has 5 amide bonds. The third kappa shape index (κ3) is 8.00. The molecule has 13 heteroatoms. The van der Waals surface area contributed by atoms with E-state index >= 15 is 0 Å². The molecule has 45 heavy (non-hydrogen) atoms. The van der Waals surface area contributed by atoms with Crippen LogP contribution in [0.4, 0.5) is 0 Å². The predicted octanol–water partition coefficient (Wildman–Crippen LogP) is 1.22. The van der Waals surface area contributed by atoms with Gasteiger partial charge < -0.3 is 36.3 Å². The molecule has 0 saturated carbocycles. The van der Waals surface area contributed by atoms with Crippen molar-refractivity contribution in [2.45, 2.75) is 96.4 Å². The third-order valence-electron chi connectivity index (χ3n) is 8.70. The molecule has 244 valence electrons. The number of nitrogens with one attached hydrogen (secondary N) is 5. The number of aliphatic carboxylic acids is 1. The van der Waals surface area contributed by atoms with E-state index in [0.29, 0.717) is 19.3 Å². The molecule has 4 rings (SSSR count). The SMILES string of the molecule is CC[C@H](C)[C@H]1NC(=O)[C@@H]2CCCN2C(=O)[C@H](CC(=O)O)NC(=O)[C@H](Cc2c[nH]c3ccccc23)NC(=O)[C@H](CC(C)C)NC1=O. The first-order valence-electron chi connectivity index (χ1n) is 15.7. The minimum absolute atomic E-state index is 0.00900. The number of amides is 5. The van der Waals surface area contributed by atoms with Gasteiger partial charge in [-0.15, -0.1) is 0 Å². The van der Waals surface area contributed by atoms with E-state index in [4.69, 9.17) is 0 Å². The quantitative estimate of drug-likeness (QED) is 0.254. The van der Waals surface area contributed by atoms with Crippen LogP contribution in [-0.4, -0.2) is 87.2 Å².